The molecule has 0 atom stereocenters. The Morgan fingerprint density at radius 3 is 1.83 bits per heavy atom. The number of hydrogen-bond acceptors (Lipinski definition) is 3. The Labute approximate surface area is 141 Å². The van der Waals surface area contributed by atoms with Gasteiger partial charge in [-0.05, 0) is 48.2 Å². The van der Waals surface area contributed by atoms with Gasteiger partial charge >= 0.3 is 0 Å². The van der Waals surface area contributed by atoms with Crippen LogP contribution in [0.15, 0.2) is 79.0 Å². The molecule has 0 aliphatic carbocycles. The summed E-state index contributed by atoms with van der Waals surface area (Å²) in [5.41, 5.74) is 3.32. The molecule has 1 heterocycles. The summed E-state index contributed by atoms with van der Waals surface area (Å²) in [6.07, 6.45) is 1.71. The van der Waals surface area contributed by atoms with Gasteiger partial charge in [0.15, 0.2) is 0 Å². The van der Waals surface area contributed by atoms with Crippen molar-refractivity contribution in [3.8, 4) is 23.9 Å². The van der Waals surface area contributed by atoms with E-state index >= 15 is 0 Å². The van der Waals surface area contributed by atoms with Gasteiger partial charge in [-0.15, -0.1) is 0 Å². The molecule has 3 nitrogen and oxygen atoms in total. The number of rotatable bonds is 2. The second kappa shape index (κ2) is 8.08. The van der Waals surface area contributed by atoms with Crippen molar-refractivity contribution < 1.29 is 0 Å². The normalized spacial score (nSPS) is 9.00. The summed E-state index contributed by atoms with van der Waals surface area (Å²) in [7, 11) is 0. The average Bonchev–Trinajstić information content (AvgIpc) is 2.65. The molecule has 0 saturated heterocycles. The third-order valence-corrected chi connectivity index (χ3v) is 3.15. The van der Waals surface area contributed by atoms with Gasteiger partial charge < -0.3 is 10.6 Å². The minimum atomic E-state index is 0.642. The fourth-order valence-corrected chi connectivity index (χ4v) is 1.98. The van der Waals surface area contributed by atoms with Crippen LogP contribution in [-0.4, -0.2) is 4.98 Å². The number of pyridine rings is 1. The van der Waals surface area contributed by atoms with Gasteiger partial charge in [0.2, 0.25) is 0 Å². The Morgan fingerprint density at radius 2 is 1.21 bits per heavy atom. The second-order valence-corrected chi connectivity index (χ2v) is 4.88. The van der Waals surface area contributed by atoms with Gasteiger partial charge in [0, 0.05) is 29.7 Å². The largest absolute Gasteiger partial charge is 0.315 e. The topological polar surface area (TPSA) is 37.0 Å². The molecule has 0 unspecified atom stereocenters. The smallest absolute Gasteiger partial charge is 0.130 e. The van der Waals surface area contributed by atoms with Gasteiger partial charge in [-0.2, -0.15) is 0 Å². The van der Waals surface area contributed by atoms with Crippen LogP contribution in [0.4, 0.5) is 11.4 Å². The lowest BCUT2D eigenvalue weighted by molar-refractivity contribution is 1.27. The van der Waals surface area contributed by atoms with E-state index in [9.17, 15) is 0 Å². The highest BCUT2D eigenvalue weighted by molar-refractivity contribution is 5.53. The van der Waals surface area contributed by atoms with Crippen LogP contribution in [0.2, 0.25) is 0 Å². The molecule has 3 heteroatoms. The van der Waals surface area contributed by atoms with Crippen molar-refractivity contribution in [1.29, 1.82) is 0 Å². The van der Waals surface area contributed by atoms with Crippen LogP contribution in [0.25, 0.3) is 0 Å². The molecule has 3 aromatic rings. The van der Waals surface area contributed by atoms with Crippen LogP contribution in [0.1, 0.15) is 11.3 Å². The van der Waals surface area contributed by atoms with Crippen molar-refractivity contribution in [3.63, 3.8) is 0 Å². The number of nitrogens with one attached hydrogen (secondary N) is 2. The Morgan fingerprint density at radius 1 is 0.625 bits per heavy atom. The Balaban J connectivity index is 1.72. The molecular formula is C21H15N3. The highest BCUT2D eigenvalue weighted by atomic mass is 14.8. The standard InChI is InChI=1S/C21H15N3/c1-3-9-19(10-4-1)22-16-13-18-8-7-15-24-21(18)14-17-23-20-11-5-2-6-12-20/h1-12,15,22-23H. The van der Waals surface area contributed by atoms with Crippen molar-refractivity contribution in [2.75, 3.05) is 10.6 Å². The molecule has 0 bridgehead atoms. The van der Waals surface area contributed by atoms with Crippen molar-refractivity contribution >= 4 is 11.4 Å². The van der Waals surface area contributed by atoms with Crippen molar-refractivity contribution in [2.24, 2.45) is 0 Å². The van der Waals surface area contributed by atoms with E-state index in [-0.39, 0.29) is 0 Å². The van der Waals surface area contributed by atoms with Crippen molar-refractivity contribution in [3.05, 3.63) is 90.3 Å². The zero-order chi connectivity index (χ0) is 16.5. The maximum absolute atomic E-state index is 4.29. The lowest BCUT2D eigenvalue weighted by Gasteiger charge is -1.97. The molecule has 0 spiro atoms. The second-order valence-electron chi connectivity index (χ2n) is 4.88. The van der Waals surface area contributed by atoms with E-state index < -0.39 is 0 Å². The van der Waals surface area contributed by atoms with Crippen LogP contribution in [0, 0.1) is 23.9 Å². The average molecular weight is 309 g/mol. The molecule has 2 aromatic carbocycles. The number of para-hydroxylation sites is 2. The number of hydrogen-bond donors (Lipinski definition) is 2. The third-order valence-electron chi connectivity index (χ3n) is 3.15. The van der Waals surface area contributed by atoms with Gasteiger partial charge in [-0.1, -0.05) is 36.4 Å². The van der Waals surface area contributed by atoms with Gasteiger partial charge in [0.05, 0.1) is 5.56 Å². The van der Waals surface area contributed by atoms with E-state index in [1.54, 1.807) is 6.20 Å². The third kappa shape index (κ3) is 4.40. The molecule has 0 saturated carbocycles. The fraction of sp³-hybridized carbons (Fsp3) is 0. The van der Waals surface area contributed by atoms with Gasteiger partial charge in [0.1, 0.15) is 5.69 Å². The quantitative estimate of drug-likeness (QED) is 0.556. The molecule has 0 amide bonds. The van der Waals surface area contributed by atoms with Crippen molar-refractivity contribution in [1.82, 2.24) is 4.98 Å². The Kier molecular flexibility index (Phi) is 5.12. The minimum absolute atomic E-state index is 0.642. The molecule has 24 heavy (non-hydrogen) atoms. The first-order valence-corrected chi connectivity index (χ1v) is 7.51. The maximum Gasteiger partial charge on any atom is 0.130 e. The monoisotopic (exact) mass is 309 g/mol. The van der Waals surface area contributed by atoms with E-state index in [4.69, 9.17) is 0 Å². The SMILES string of the molecule is C(#Cc1cccnc1C#CNc1ccccc1)Nc1ccccc1. The van der Waals surface area contributed by atoms with E-state index in [0.717, 1.165) is 16.9 Å². The molecule has 0 radical (unpaired) electrons. The predicted octanol–water partition coefficient (Wildman–Crippen LogP) is 3.92. The van der Waals surface area contributed by atoms with Crippen LogP contribution in [0.3, 0.4) is 0 Å². The van der Waals surface area contributed by atoms with E-state index in [1.165, 1.54) is 0 Å². The summed E-state index contributed by atoms with van der Waals surface area (Å²) in [6, 6.07) is 29.2. The molecule has 1 aromatic heterocycles. The minimum Gasteiger partial charge on any atom is -0.315 e. The zero-order valence-electron chi connectivity index (χ0n) is 13.0. The maximum atomic E-state index is 4.29. The lowest BCUT2D eigenvalue weighted by atomic mass is 10.2. The van der Waals surface area contributed by atoms with Crippen LogP contribution in [0.5, 0.6) is 0 Å². The number of benzene rings is 2. The summed E-state index contributed by atoms with van der Waals surface area (Å²) < 4.78 is 0. The summed E-state index contributed by atoms with van der Waals surface area (Å²) >= 11 is 0. The van der Waals surface area contributed by atoms with Crippen LogP contribution in [-0.2, 0) is 0 Å². The summed E-state index contributed by atoms with van der Waals surface area (Å²) in [5, 5.41) is 6.09. The molecule has 2 N–H and O–H groups in total. The van der Waals surface area contributed by atoms with E-state index in [2.05, 4.69) is 39.5 Å². The molecule has 0 aliphatic rings. The summed E-state index contributed by atoms with van der Waals surface area (Å²) in [5.74, 6) is 6.06. The van der Waals surface area contributed by atoms with Crippen molar-refractivity contribution in [2.45, 2.75) is 0 Å². The first-order chi connectivity index (χ1) is 11.9. The molecule has 0 fully saturated rings. The van der Waals surface area contributed by atoms with Gasteiger partial charge in [0.25, 0.3) is 0 Å². The van der Waals surface area contributed by atoms with E-state index in [0.29, 0.717) is 5.69 Å². The molecule has 114 valence electrons. The lowest BCUT2D eigenvalue weighted by Crippen LogP contribution is -1.92. The number of anilines is 2. The number of aromatic nitrogens is 1. The summed E-state index contributed by atoms with van der Waals surface area (Å²) in [6.45, 7) is 0. The molecular weight excluding hydrogens is 294 g/mol. The first kappa shape index (κ1) is 15.2. The summed E-state index contributed by atoms with van der Waals surface area (Å²) in [4.78, 5) is 4.29. The van der Waals surface area contributed by atoms with E-state index in [1.807, 2.05) is 72.8 Å². The Bertz CT molecular complexity index is 833. The highest BCUT2D eigenvalue weighted by Gasteiger charge is 1.96. The first-order valence-electron chi connectivity index (χ1n) is 7.51. The Hall–Kier alpha value is -3.69. The van der Waals surface area contributed by atoms with Crippen LogP contribution >= 0.6 is 0 Å². The predicted molar refractivity (Wildman–Crippen MR) is 98.1 cm³/mol. The zero-order valence-corrected chi connectivity index (χ0v) is 13.0. The number of nitrogens with zero attached hydrogens (tertiary/aromatic N) is 1. The molecule has 3 rings (SSSR count). The van der Waals surface area contributed by atoms with Gasteiger partial charge in [-0.25, -0.2) is 4.98 Å². The fourth-order valence-electron chi connectivity index (χ4n) is 1.98. The van der Waals surface area contributed by atoms with Crippen LogP contribution < -0.4 is 10.6 Å². The van der Waals surface area contributed by atoms with Gasteiger partial charge in [-0.3, -0.25) is 0 Å². The highest BCUT2D eigenvalue weighted by Crippen LogP contribution is 2.06. The molecule has 0 aliphatic heterocycles.